The van der Waals surface area contributed by atoms with Crippen molar-refractivity contribution in [1.29, 1.82) is 0 Å². The number of amides is 1. The van der Waals surface area contributed by atoms with Gasteiger partial charge in [-0.15, -0.1) is 0 Å². The van der Waals surface area contributed by atoms with Crippen LogP contribution in [0.4, 0.5) is 10.5 Å². The molecule has 0 radical (unpaired) electrons. The van der Waals surface area contributed by atoms with Crippen LogP contribution in [0.25, 0.3) is 5.57 Å². The van der Waals surface area contributed by atoms with E-state index in [1.807, 2.05) is 69.3 Å². The highest BCUT2D eigenvalue weighted by molar-refractivity contribution is 5.88. The van der Waals surface area contributed by atoms with E-state index in [4.69, 9.17) is 10.5 Å². The van der Waals surface area contributed by atoms with Crippen molar-refractivity contribution in [3.05, 3.63) is 70.8 Å². The molecule has 0 saturated carbocycles. The molecule has 0 aromatic heterocycles. The minimum Gasteiger partial charge on any atom is -0.444 e. The monoisotopic (exact) mass is 392 g/mol. The lowest BCUT2D eigenvalue weighted by molar-refractivity contribution is 0.0236. The number of likely N-dealkylation sites (tertiary alicyclic amines) is 1. The number of benzene rings is 2. The molecule has 2 aromatic carbocycles. The van der Waals surface area contributed by atoms with Gasteiger partial charge in [-0.2, -0.15) is 0 Å². The number of nitrogens with two attached hydrogens (primary N) is 1. The Balaban J connectivity index is 1.92. The zero-order chi connectivity index (χ0) is 21.0. The lowest BCUT2D eigenvalue weighted by atomic mass is 9.87. The van der Waals surface area contributed by atoms with Crippen LogP contribution in [-0.4, -0.2) is 36.0 Å². The SMILES string of the molecule is CC(C)(C)OC(=O)N1CCC(=C(c2ccc(C=O)cc2)c2ccccc2N)CC1. The second-order valence-electron chi connectivity index (χ2n) is 8.27. The summed E-state index contributed by atoms with van der Waals surface area (Å²) >= 11 is 0. The maximum absolute atomic E-state index is 12.4. The molecule has 0 bridgehead atoms. The number of aldehydes is 1. The van der Waals surface area contributed by atoms with Crippen LogP contribution in [0.5, 0.6) is 0 Å². The third-order valence-electron chi connectivity index (χ3n) is 4.94. The molecule has 1 amide bonds. The van der Waals surface area contributed by atoms with Crippen LogP contribution >= 0.6 is 0 Å². The van der Waals surface area contributed by atoms with Gasteiger partial charge in [0.25, 0.3) is 0 Å². The molecule has 29 heavy (non-hydrogen) atoms. The molecular formula is C24H28N2O3. The lowest BCUT2D eigenvalue weighted by Crippen LogP contribution is -2.40. The number of carbonyl (C=O) groups excluding carboxylic acids is 2. The second-order valence-corrected chi connectivity index (χ2v) is 8.27. The molecule has 2 N–H and O–H groups in total. The average molecular weight is 392 g/mol. The van der Waals surface area contributed by atoms with Crippen LogP contribution in [-0.2, 0) is 4.74 Å². The van der Waals surface area contributed by atoms with E-state index < -0.39 is 5.60 Å². The van der Waals surface area contributed by atoms with Crippen LogP contribution in [0, 0.1) is 0 Å². The molecule has 5 heteroatoms. The number of para-hydroxylation sites is 1. The van der Waals surface area contributed by atoms with E-state index in [1.165, 1.54) is 5.57 Å². The summed E-state index contributed by atoms with van der Waals surface area (Å²) in [5, 5.41) is 0. The third kappa shape index (κ3) is 5.05. The maximum atomic E-state index is 12.4. The van der Waals surface area contributed by atoms with E-state index in [1.54, 1.807) is 4.90 Å². The molecule has 1 heterocycles. The number of hydrogen-bond acceptors (Lipinski definition) is 4. The lowest BCUT2D eigenvalue weighted by Gasteiger charge is -2.32. The number of hydrogen-bond donors (Lipinski definition) is 1. The minimum atomic E-state index is -0.503. The topological polar surface area (TPSA) is 72.6 Å². The first kappa shape index (κ1) is 20.6. The summed E-state index contributed by atoms with van der Waals surface area (Å²) in [6, 6.07) is 15.4. The van der Waals surface area contributed by atoms with Crippen LogP contribution < -0.4 is 5.73 Å². The summed E-state index contributed by atoms with van der Waals surface area (Å²) in [4.78, 5) is 25.2. The number of piperidine rings is 1. The fourth-order valence-electron chi connectivity index (χ4n) is 3.54. The van der Waals surface area contributed by atoms with Crippen molar-refractivity contribution in [2.45, 2.75) is 39.2 Å². The standard InChI is InChI=1S/C24H28N2O3/c1-24(2,3)29-23(28)26-14-12-19(13-15-26)22(20-6-4-5-7-21(20)25)18-10-8-17(16-27)9-11-18/h4-11,16H,12-15,25H2,1-3H3. The largest absolute Gasteiger partial charge is 0.444 e. The predicted octanol–water partition coefficient (Wildman–Crippen LogP) is 4.91. The zero-order valence-electron chi connectivity index (χ0n) is 17.3. The predicted molar refractivity (Wildman–Crippen MR) is 116 cm³/mol. The molecule has 2 aromatic rings. The highest BCUT2D eigenvalue weighted by Gasteiger charge is 2.26. The summed E-state index contributed by atoms with van der Waals surface area (Å²) in [6.45, 7) is 6.83. The molecule has 0 unspecified atom stereocenters. The van der Waals surface area contributed by atoms with Crippen LogP contribution in [0.1, 0.15) is 55.1 Å². The molecule has 0 atom stereocenters. The van der Waals surface area contributed by atoms with E-state index in [2.05, 4.69) is 0 Å². The first-order valence-electron chi connectivity index (χ1n) is 9.89. The number of nitrogens with zero attached hydrogens (tertiary/aromatic N) is 1. The molecule has 1 fully saturated rings. The highest BCUT2D eigenvalue weighted by atomic mass is 16.6. The van der Waals surface area contributed by atoms with Gasteiger partial charge in [0.1, 0.15) is 11.9 Å². The van der Waals surface area contributed by atoms with E-state index in [0.717, 1.165) is 35.8 Å². The third-order valence-corrected chi connectivity index (χ3v) is 4.94. The van der Waals surface area contributed by atoms with Crippen LogP contribution in [0.2, 0.25) is 0 Å². The molecule has 1 aliphatic rings. The average Bonchev–Trinajstić information content (AvgIpc) is 2.69. The summed E-state index contributed by atoms with van der Waals surface area (Å²) in [5.41, 5.74) is 11.5. The van der Waals surface area contributed by atoms with Gasteiger partial charge in [0, 0.05) is 29.9 Å². The first-order valence-corrected chi connectivity index (χ1v) is 9.89. The number of nitrogen functional groups attached to an aromatic ring is 1. The van der Waals surface area contributed by atoms with Crippen molar-refractivity contribution in [2.75, 3.05) is 18.8 Å². The first-order chi connectivity index (χ1) is 13.8. The van der Waals surface area contributed by atoms with Crippen molar-refractivity contribution in [3.8, 4) is 0 Å². The Morgan fingerprint density at radius 2 is 1.66 bits per heavy atom. The maximum Gasteiger partial charge on any atom is 0.410 e. The van der Waals surface area contributed by atoms with Crippen molar-refractivity contribution < 1.29 is 14.3 Å². The Hall–Kier alpha value is -3.08. The van der Waals surface area contributed by atoms with E-state index in [9.17, 15) is 9.59 Å². The Morgan fingerprint density at radius 1 is 1.03 bits per heavy atom. The molecule has 1 aliphatic heterocycles. The summed E-state index contributed by atoms with van der Waals surface area (Å²) < 4.78 is 5.50. The van der Waals surface area contributed by atoms with Gasteiger partial charge in [0.05, 0.1) is 0 Å². The molecule has 0 aliphatic carbocycles. The van der Waals surface area contributed by atoms with Gasteiger partial charge in [-0.3, -0.25) is 4.79 Å². The molecule has 0 spiro atoms. The van der Waals surface area contributed by atoms with E-state index >= 15 is 0 Å². The van der Waals surface area contributed by atoms with Gasteiger partial charge in [-0.1, -0.05) is 48.0 Å². The highest BCUT2D eigenvalue weighted by Crippen LogP contribution is 2.35. The number of rotatable bonds is 3. The van der Waals surface area contributed by atoms with Gasteiger partial charge >= 0.3 is 6.09 Å². The Labute approximate surface area is 172 Å². The molecule has 5 nitrogen and oxygen atoms in total. The van der Waals surface area contributed by atoms with Crippen LogP contribution in [0.3, 0.4) is 0 Å². The molecule has 152 valence electrons. The normalized spacial score (nSPS) is 14.4. The molecule has 1 saturated heterocycles. The van der Waals surface area contributed by atoms with Gasteiger partial charge < -0.3 is 15.4 Å². The fourth-order valence-corrected chi connectivity index (χ4v) is 3.54. The van der Waals surface area contributed by atoms with Crippen molar-refractivity contribution in [3.63, 3.8) is 0 Å². The number of ether oxygens (including phenoxy) is 1. The Kier molecular flexibility index (Phi) is 6.06. The van der Waals surface area contributed by atoms with Gasteiger partial charge in [-0.05, 0) is 50.8 Å². The summed E-state index contributed by atoms with van der Waals surface area (Å²) in [6.07, 6.45) is 2.07. The Morgan fingerprint density at radius 3 is 2.21 bits per heavy atom. The van der Waals surface area contributed by atoms with Gasteiger partial charge in [0.15, 0.2) is 0 Å². The van der Waals surface area contributed by atoms with Crippen molar-refractivity contribution in [2.24, 2.45) is 0 Å². The molecular weight excluding hydrogens is 364 g/mol. The number of carbonyl (C=O) groups is 2. The Bertz CT molecular complexity index is 914. The zero-order valence-corrected chi connectivity index (χ0v) is 17.3. The van der Waals surface area contributed by atoms with Crippen molar-refractivity contribution in [1.82, 2.24) is 4.90 Å². The summed E-state index contributed by atoms with van der Waals surface area (Å²) in [7, 11) is 0. The van der Waals surface area contributed by atoms with Gasteiger partial charge in [0.2, 0.25) is 0 Å². The van der Waals surface area contributed by atoms with Crippen LogP contribution in [0.15, 0.2) is 54.1 Å². The summed E-state index contributed by atoms with van der Waals surface area (Å²) in [5.74, 6) is 0. The van der Waals surface area contributed by atoms with Crippen molar-refractivity contribution >= 4 is 23.6 Å². The second kappa shape index (κ2) is 8.52. The van der Waals surface area contributed by atoms with E-state index in [-0.39, 0.29) is 6.09 Å². The number of anilines is 1. The van der Waals surface area contributed by atoms with Gasteiger partial charge in [-0.25, -0.2) is 4.79 Å². The molecule has 3 rings (SSSR count). The fraction of sp³-hybridized carbons (Fsp3) is 0.333. The minimum absolute atomic E-state index is 0.271. The smallest absolute Gasteiger partial charge is 0.410 e. The van der Waals surface area contributed by atoms with E-state index in [0.29, 0.717) is 24.3 Å². The quantitative estimate of drug-likeness (QED) is 0.595.